The summed E-state index contributed by atoms with van der Waals surface area (Å²) in [6.45, 7) is 0. The zero-order valence-electron chi connectivity index (χ0n) is 13.1. The van der Waals surface area contributed by atoms with Crippen LogP contribution in [0.1, 0.15) is 10.4 Å². The monoisotopic (exact) mass is 330 g/mol. The smallest absolute Gasteiger partial charge is 0.248 e. The van der Waals surface area contributed by atoms with Crippen molar-refractivity contribution in [1.82, 2.24) is 20.4 Å². The summed E-state index contributed by atoms with van der Waals surface area (Å²) in [7, 11) is 0. The molecule has 4 aromatic rings. The first-order valence-corrected chi connectivity index (χ1v) is 7.59. The van der Waals surface area contributed by atoms with Gasteiger partial charge in [-0.3, -0.25) is 9.89 Å². The average Bonchev–Trinajstić information content (AvgIpc) is 3.09. The van der Waals surface area contributed by atoms with Gasteiger partial charge in [0.2, 0.25) is 5.91 Å². The number of rotatable bonds is 3. The van der Waals surface area contributed by atoms with Crippen molar-refractivity contribution in [3.63, 3.8) is 0 Å². The number of primary amides is 1. The van der Waals surface area contributed by atoms with Crippen LogP contribution in [0.15, 0.2) is 54.7 Å². The average molecular weight is 330 g/mol. The lowest BCUT2D eigenvalue weighted by Gasteiger charge is -2.10. The number of H-pyrrole nitrogens is 1. The predicted octanol–water partition coefficient (Wildman–Crippen LogP) is 2.37. The molecular weight excluding hydrogens is 316 g/mol. The van der Waals surface area contributed by atoms with E-state index in [-0.39, 0.29) is 0 Å². The summed E-state index contributed by atoms with van der Waals surface area (Å²) in [5.41, 5.74) is 16.2. The molecule has 4 rings (SSSR count). The number of anilines is 1. The van der Waals surface area contributed by atoms with Crippen LogP contribution in [-0.2, 0) is 0 Å². The fourth-order valence-electron chi connectivity index (χ4n) is 2.80. The molecule has 0 atom stereocenters. The van der Waals surface area contributed by atoms with Crippen molar-refractivity contribution < 1.29 is 4.79 Å². The maximum atomic E-state index is 11.3. The van der Waals surface area contributed by atoms with Gasteiger partial charge < -0.3 is 11.5 Å². The summed E-state index contributed by atoms with van der Waals surface area (Å²) in [6, 6.07) is 14.5. The van der Waals surface area contributed by atoms with E-state index in [1.807, 2.05) is 24.3 Å². The topological polar surface area (TPSA) is 124 Å². The first-order valence-electron chi connectivity index (χ1n) is 7.59. The molecule has 2 heterocycles. The fraction of sp³-hybridized carbons (Fsp3) is 0. The number of carbonyl (C=O) groups excluding carboxylic acids is 1. The molecule has 0 aliphatic heterocycles. The van der Waals surface area contributed by atoms with Crippen molar-refractivity contribution in [3.8, 4) is 22.4 Å². The van der Waals surface area contributed by atoms with Gasteiger partial charge in [-0.1, -0.05) is 24.3 Å². The Balaban J connectivity index is 1.97. The third-order valence-corrected chi connectivity index (χ3v) is 3.99. The third kappa shape index (κ3) is 2.57. The molecule has 0 unspecified atom stereocenters. The number of carbonyl (C=O) groups is 1. The molecule has 0 radical (unpaired) electrons. The van der Waals surface area contributed by atoms with Crippen LogP contribution < -0.4 is 11.5 Å². The number of aromatic amines is 1. The van der Waals surface area contributed by atoms with Crippen LogP contribution in [0.3, 0.4) is 0 Å². The summed E-state index contributed by atoms with van der Waals surface area (Å²) in [5, 5.41) is 16.3. The maximum absolute atomic E-state index is 11.3. The zero-order valence-corrected chi connectivity index (χ0v) is 13.1. The minimum Gasteiger partial charge on any atom is -0.399 e. The largest absolute Gasteiger partial charge is 0.399 e. The third-order valence-electron chi connectivity index (χ3n) is 3.99. The Hall–Kier alpha value is -3.74. The van der Waals surface area contributed by atoms with Crippen molar-refractivity contribution in [3.05, 3.63) is 60.3 Å². The molecule has 25 heavy (non-hydrogen) atoms. The highest BCUT2D eigenvalue weighted by molar-refractivity contribution is 6.00. The molecule has 7 heteroatoms. The Morgan fingerprint density at radius 1 is 1.00 bits per heavy atom. The molecule has 0 saturated carbocycles. The van der Waals surface area contributed by atoms with Crippen LogP contribution in [0.2, 0.25) is 0 Å². The molecule has 0 bridgehead atoms. The molecule has 0 aliphatic rings. The van der Waals surface area contributed by atoms with Crippen LogP contribution in [0.4, 0.5) is 5.69 Å². The molecule has 2 aromatic heterocycles. The van der Waals surface area contributed by atoms with Crippen molar-refractivity contribution in [2.45, 2.75) is 0 Å². The van der Waals surface area contributed by atoms with Gasteiger partial charge in [0.1, 0.15) is 5.69 Å². The van der Waals surface area contributed by atoms with E-state index in [4.69, 9.17) is 11.5 Å². The second-order valence-corrected chi connectivity index (χ2v) is 5.62. The standard InChI is InChI=1S/C18H14N6O/c19-13-3-1-2-12(8-13)15-14-9-21-23-18(14)24-22-16(15)10-4-6-11(7-5-10)17(20)25/h1-9H,19H2,(H2,20,25)(H,21,23,24). The van der Waals surface area contributed by atoms with Crippen LogP contribution in [-0.4, -0.2) is 26.3 Å². The molecule has 5 N–H and O–H groups in total. The van der Waals surface area contributed by atoms with E-state index in [9.17, 15) is 4.79 Å². The highest BCUT2D eigenvalue weighted by atomic mass is 16.1. The quantitative estimate of drug-likeness (QED) is 0.497. The first kappa shape index (κ1) is 14.8. The Morgan fingerprint density at radius 2 is 1.80 bits per heavy atom. The van der Waals surface area contributed by atoms with Crippen LogP contribution in [0, 0.1) is 0 Å². The number of amides is 1. The lowest BCUT2D eigenvalue weighted by Crippen LogP contribution is -2.10. The molecular formula is C18H14N6O. The lowest BCUT2D eigenvalue weighted by molar-refractivity contribution is 0.100. The van der Waals surface area contributed by atoms with Crippen molar-refractivity contribution in [1.29, 1.82) is 0 Å². The number of nitrogens with one attached hydrogen (secondary N) is 1. The molecule has 2 aromatic carbocycles. The Labute approximate surface area is 142 Å². The number of nitrogens with two attached hydrogens (primary N) is 2. The van der Waals surface area contributed by atoms with Crippen molar-refractivity contribution in [2.24, 2.45) is 5.73 Å². The predicted molar refractivity (Wildman–Crippen MR) is 95.5 cm³/mol. The van der Waals surface area contributed by atoms with Gasteiger partial charge in [0, 0.05) is 22.4 Å². The minimum absolute atomic E-state index is 0.437. The Bertz CT molecular complexity index is 1080. The number of benzene rings is 2. The minimum atomic E-state index is -0.473. The van der Waals surface area contributed by atoms with Crippen molar-refractivity contribution >= 4 is 22.6 Å². The molecule has 122 valence electrons. The number of nitrogen functional groups attached to an aromatic ring is 1. The highest BCUT2D eigenvalue weighted by Gasteiger charge is 2.16. The van der Waals surface area contributed by atoms with E-state index in [1.54, 1.807) is 30.5 Å². The van der Waals surface area contributed by atoms with Crippen LogP contribution >= 0.6 is 0 Å². The Morgan fingerprint density at radius 3 is 2.52 bits per heavy atom. The van der Waals surface area contributed by atoms with E-state index in [0.29, 0.717) is 22.6 Å². The van der Waals surface area contributed by atoms with E-state index in [1.165, 1.54) is 0 Å². The van der Waals surface area contributed by atoms with Gasteiger partial charge in [0.15, 0.2) is 5.65 Å². The van der Waals surface area contributed by atoms with Gasteiger partial charge in [-0.15, -0.1) is 10.2 Å². The number of aromatic nitrogens is 4. The van der Waals surface area contributed by atoms with E-state index < -0.39 is 5.91 Å². The number of nitrogens with zero attached hydrogens (tertiary/aromatic N) is 3. The highest BCUT2D eigenvalue weighted by Crippen LogP contribution is 2.35. The normalized spacial score (nSPS) is 10.9. The van der Waals surface area contributed by atoms with Gasteiger partial charge in [-0.05, 0) is 29.8 Å². The van der Waals surface area contributed by atoms with E-state index >= 15 is 0 Å². The van der Waals surface area contributed by atoms with Gasteiger partial charge in [-0.2, -0.15) is 5.10 Å². The first-order chi connectivity index (χ1) is 12.1. The van der Waals surface area contributed by atoms with Gasteiger partial charge in [-0.25, -0.2) is 0 Å². The SMILES string of the molecule is NC(=O)c1ccc(-c2nnc3[nH]ncc3c2-c2cccc(N)c2)cc1. The van der Waals surface area contributed by atoms with Gasteiger partial charge in [0.05, 0.1) is 11.6 Å². The summed E-state index contributed by atoms with van der Waals surface area (Å²) < 4.78 is 0. The van der Waals surface area contributed by atoms with E-state index in [0.717, 1.165) is 22.1 Å². The molecule has 7 nitrogen and oxygen atoms in total. The summed E-state index contributed by atoms with van der Waals surface area (Å²) >= 11 is 0. The second-order valence-electron chi connectivity index (χ2n) is 5.62. The molecule has 0 aliphatic carbocycles. The lowest BCUT2D eigenvalue weighted by atomic mass is 9.96. The molecule has 0 saturated heterocycles. The molecule has 0 spiro atoms. The number of hydrogen-bond donors (Lipinski definition) is 3. The Kier molecular flexibility index (Phi) is 3.39. The van der Waals surface area contributed by atoms with Crippen LogP contribution in [0.25, 0.3) is 33.4 Å². The zero-order chi connectivity index (χ0) is 17.4. The number of fused-ring (bicyclic) bond motifs is 1. The summed E-state index contributed by atoms with van der Waals surface area (Å²) in [4.78, 5) is 11.3. The van der Waals surface area contributed by atoms with Crippen LogP contribution in [0.5, 0.6) is 0 Å². The molecule has 1 amide bonds. The fourth-order valence-corrected chi connectivity index (χ4v) is 2.80. The van der Waals surface area contributed by atoms with Gasteiger partial charge >= 0.3 is 0 Å². The van der Waals surface area contributed by atoms with E-state index in [2.05, 4.69) is 20.4 Å². The van der Waals surface area contributed by atoms with Gasteiger partial charge in [0.25, 0.3) is 0 Å². The second kappa shape index (κ2) is 5.72. The maximum Gasteiger partial charge on any atom is 0.248 e. The van der Waals surface area contributed by atoms with Crippen molar-refractivity contribution in [2.75, 3.05) is 5.73 Å². The summed E-state index contributed by atoms with van der Waals surface area (Å²) in [5.74, 6) is -0.473. The summed E-state index contributed by atoms with van der Waals surface area (Å²) in [6.07, 6.45) is 1.71. The molecule has 0 fully saturated rings. The number of hydrogen-bond acceptors (Lipinski definition) is 5.